The summed E-state index contributed by atoms with van der Waals surface area (Å²) in [5, 5.41) is 8.25. The average molecular weight is 230 g/mol. The van der Waals surface area contributed by atoms with Gasteiger partial charge in [-0.3, -0.25) is 0 Å². The Labute approximate surface area is 94.6 Å². The average Bonchev–Trinajstić information content (AvgIpc) is 2.82. The molecule has 0 bridgehead atoms. The number of hydrogen-bond donors (Lipinski definition) is 0. The maximum Gasteiger partial charge on any atom is 0.162 e. The molecule has 0 saturated carbocycles. The molecule has 0 N–H and O–H groups in total. The fourth-order valence-electron chi connectivity index (χ4n) is 2.02. The van der Waals surface area contributed by atoms with Gasteiger partial charge in [-0.2, -0.15) is 0 Å². The molecule has 0 aliphatic carbocycles. The molecule has 1 aromatic rings. The zero-order valence-electron chi connectivity index (χ0n) is 9.11. The van der Waals surface area contributed by atoms with Gasteiger partial charge >= 0.3 is 0 Å². The normalized spacial score (nSPS) is 26.1. The first-order valence-electron chi connectivity index (χ1n) is 5.39. The summed E-state index contributed by atoms with van der Waals surface area (Å²) in [4.78, 5) is 0. The summed E-state index contributed by atoms with van der Waals surface area (Å²) in [5.74, 6) is 2.16. The highest BCUT2D eigenvalue weighted by atomic mass is 35.5. The Kier molecular flexibility index (Phi) is 3.26. The minimum Gasteiger partial charge on any atom is -0.367 e. The fraction of sp³-hybridized carbons (Fsp3) is 0.800. The van der Waals surface area contributed by atoms with Crippen molar-refractivity contribution in [1.82, 2.24) is 14.8 Å². The van der Waals surface area contributed by atoms with Crippen LogP contribution in [0.2, 0.25) is 0 Å². The van der Waals surface area contributed by atoms with Crippen molar-refractivity contribution in [3.05, 3.63) is 11.6 Å². The van der Waals surface area contributed by atoms with Crippen LogP contribution in [0.3, 0.4) is 0 Å². The van der Waals surface area contributed by atoms with E-state index in [1.54, 1.807) is 0 Å². The quantitative estimate of drug-likeness (QED) is 0.747. The highest BCUT2D eigenvalue weighted by Gasteiger charge is 2.28. The van der Waals surface area contributed by atoms with Crippen molar-refractivity contribution in [1.29, 1.82) is 0 Å². The van der Waals surface area contributed by atoms with Gasteiger partial charge in [-0.15, -0.1) is 21.8 Å². The van der Waals surface area contributed by atoms with E-state index in [4.69, 9.17) is 16.3 Å². The standard InChI is InChI=1S/C10H16ClN3O/c1-3-14-9(6-11)12-13-10(14)8-5-4-7(2)15-8/h7-8H,3-6H2,1-2H3. The Morgan fingerprint density at radius 2 is 2.27 bits per heavy atom. The lowest BCUT2D eigenvalue weighted by molar-refractivity contribution is 0.0479. The lowest BCUT2D eigenvalue weighted by Crippen LogP contribution is -2.10. The molecular formula is C10H16ClN3O. The Morgan fingerprint density at radius 3 is 2.80 bits per heavy atom. The summed E-state index contributed by atoms with van der Waals surface area (Å²) in [7, 11) is 0. The van der Waals surface area contributed by atoms with Crippen LogP contribution in [-0.4, -0.2) is 20.9 Å². The molecule has 0 aromatic carbocycles. The van der Waals surface area contributed by atoms with Crippen LogP contribution in [0.25, 0.3) is 0 Å². The fourth-order valence-corrected chi connectivity index (χ4v) is 2.22. The van der Waals surface area contributed by atoms with E-state index in [9.17, 15) is 0 Å². The molecule has 15 heavy (non-hydrogen) atoms. The van der Waals surface area contributed by atoms with E-state index in [0.29, 0.717) is 12.0 Å². The van der Waals surface area contributed by atoms with Crippen molar-refractivity contribution >= 4 is 11.6 Å². The van der Waals surface area contributed by atoms with Crippen LogP contribution in [-0.2, 0) is 17.2 Å². The van der Waals surface area contributed by atoms with Gasteiger partial charge in [0.15, 0.2) is 5.82 Å². The molecule has 2 atom stereocenters. The minimum atomic E-state index is 0.101. The van der Waals surface area contributed by atoms with E-state index in [0.717, 1.165) is 31.0 Å². The topological polar surface area (TPSA) is 39.9 Å². The molecule has 0 radical (unpaired) electrons. The third-order valence-electron chi connectivity index (χ3n) is 2.81. The molecule has 1 saturated heterocycles. The second-order valence-corrected chi connectivity index (χ2v) is 4.13. The maximum atomic E-state index is 5.80. The third kappa shape index (κ3) is 2.01. The smallest absolute Gasteiger partial charge is 0.162 e. The molecule has 1 aliphatic heterocycles. The van der Waals surface area contributed by atoms with Gasteiger partial charge in [0.05, 0.1) is 12.0 Å². The van der Waals surface area contributed by atoms with Crippen LogP contribution in [0, 0.1) is 0 Å². The summed E-state index contributed by atoms with van der Waals surface area (Å²) < 4.78 is 7.83. The van der Waals surface area contributed by atoms with E-state index < -0.39 is 0 Å². The highest BCUT2D eigenvalue weighted by molar-refractivity contribution is 6.16. The summed E-state index contributed by atoms with van der Waals surface area (Å²) in [5.41, 5.74) is 0. The molecule has 2 unspecified atom stereocenters. The molecule has 84 valence electrons. The number of halogens is 1. The number of rotatable bonds is 3. The molecule has 1 aliphatic rings. The van der Waals surface area contributed by atoms with Crippen LogP contribution in [0.4, 0.5) is 0 Å². The van der Waals surface area contributed by atoms with Crippen LogP contribution in [0.15, 0.2) is 0 Å². The van der Waals surface area contributed by atoms with Gasteiger partial charge in [-0.1, -0.05) is 0 Å². The largest absolute Gasteiger partial charge is 0.367 e. The molecule has 4 nitrogen and oxygen atoms in total. The molecule has 2 heterocycles. The number of ether oxygens (including phenoxy) is 1. The Morgan fingerprint density at radius 1 is 1.47 bits per heavy atom. The van der Waals surface area contributed by atoms with E-state index in [1.165, 1.54) is 0 Å². The second kappa shape index (κ2) is 4.49. The van der Waals surface area contributed by atoms with Gasteiger partial charge in [-0.25, -0.2) is 0 Å². The molecule has 0 spiro atoms. The van der Waals surface area contributed by atoms with Gasteiger partial charge in [-0.05, 0) is 26.7 Å². The maximum absolute atomic E-state index is 5.80. The third-order valence-corrected chi connectivity index (χ3v) is 3.05. The Bertz CT molecular complexity index is 339. The SMILES string of the molecule is CCn1c(CCl)nnc1C1CCC(C)O1. The highest BCUT2D eigenvalue weighted by Crippen LogP contribution is 2.31. The van der Waals surface area contributed by atoms with Crippen molar-refractivity contribution in [3.63, 3.8) is 0 Å². The van der Waals surface area contributed by atoms with Crippen molar-refractivity contribution in [2.45, 2.75) is 51.3 Å². The predicted molar refractivity (Wildman–Crippen MR) is 57.8 cm³/mol. The number of aromatic nitrogens is 3. The molecule has 1 fully saturated rings. The first-order valence-corrected chi connectivity index (χ1v) is 5.93. The van der Waals surface area contributed by atoms with Gasteiger partial charge in [0, 0.05) is 6.54 Å². The van der Waals surface area contributed by atoms with E-state index >= 15 is 0 Å². The van der Waals surface area contributed by atoms with Crippen molar-refractivity contribution in [2.24, 2.45) is 0 Å². The monoisotopic (exact) mass is 229 g/mol. The van der Waals surface area contributed by atoms with Gasteiger partial charge in [0.1, 0.15) is 11.9 Å². The lowest BCUT2D eigenvalue weighted by atomic mass is 10.2. The zero-order valence-corrected chi connectivity index (χ0v) is 9.87. The number of hydrogen-bond acceptors (Lipinski definition) is 3. The van der Waals surface area contributed by atoms with Crippen LogP contribution < -0.4 is 0 Å². The van der Waals surface area contributed by atoms with E-state index in [1.807, 2.05) is 0 Å². The minimum absolute atomic E-state index is 0.101. The molecule has 5 heteroatoms. The second-order valence-electron chi connectivity index (χ2n) is 3.87. The molecule has 0 amide bonds. The summed E-state index contributed by atoms with van der Waals surface area (Å²) in [6.07, 6.45) is 2.56. The summed E-state index contributed by atoms with van der Waals surface area (Å²) >= 11 is 5.80. The zero-order chi connectivity index (χ0) is 10.8. The van der Waals surface area contributed by atoms with E-state index in [2.05, 4.69) is 28.6 Å². The molecule has 2 rings (SSSR count). The lowest BCUT2D eigenvalue weighted by Gasteiger charge is -2.12. The van der Waals surface area contributed by atoms with Gasteiger partial charge in [0.25, 0.3) is 0 Å². The number of alkyl halides is 1. The summed E-state index contributed by atoms with van der Waals surface area (Å²) in [6.45, 7) is 5.01. The van der Waals surface area contributed by atoms with Crippen LogP contribution in [0.5, 0.6) is 0 Å². The Balaban J connectivity index is 2.24. The van der Waals surface area contributed by atoms with Gasteiger partial charge < -0.3 is 9.30 Å². The van der Waals surface area contributed by atoms with Crippen molar-refractivity contribution in [2.75, 3.05) is 0 Å². The predicted octanol–water partition coefficient (Wildman–Crippen LogP) is 2.28. The van der Waals surface area contributed by atoms with Crippen molar-refractivity contribution in [3.8, 4) is 0 Å². The molecule has 1 aromatic heterocycles. The number of nitrogens with zero attached hydrogens (tertiary/aromatic N) is 3. The van der Waals surface area contributed by atoms with Crippen molar-refractivity contribution < 1.29 is 4.74 Å². The first kappa shape index (κ1) is 10.9. The molecular weight excluding hydrogens is 214 g/mol. The van der Waals surface area contributed by atoms with Crippen LogP contribution >= 0.6 is 11.6 Å². The Hall–Kier alpha value is -0.610. The first-order chi connectivity index (χ1) is 7.26. The van der Waals surface area contributed by atoms with E-state index in [-0.39, 0.29) is 6.10 Å². The van der Waals surface area contributed by atoms with Crippen LogP contribution in [0.1, 0.15) is 44.4 Å². The summed E-state index contributed by atoms with van der Waals surface area (Å²) in [6, 6.07) is 0. The van der Waals surface area contributed by atoms with Gasteiger partial charge in [0.2, 0.25) is 0 Å².